The molecule has 0 atom stereocenters. The number of aliphatic carboxylic acids is 1. The van der Waals surface area contributed by atoms with E-state index in [1.54, 1.807) is 12.1 Å². The van der Waals surface area contributed by atoms with Crippen LogP contribution in [-0.2, 0) is 16.0 Å². The Morgan fingerprint density at radius 2 is 1.48 bits per heavy atom. The zero-order chi connectivity index (χ0) is 18.1. The molecule has 0 aliphatic rings. The molecule has 0 bridgehead atoms. The van der Waals surface area contributed by atoms with E-state index in [1.165, 1.54) is 0 Å². The molecule has 1 amide bonds. The van der Waals surface area contributed by atoms with Crippen LogP contribution in [0.15, 0.2) is 48.5 Å². The second-order valence-electron chi connectivity index (χ2n) is 5.53. The second kappa shape index (κ2) is 9.32. The smallest absolute Gasteiger partial charge is 0.341 e. The van der Waals surface area contributed by atoms with Crippen LogP contribution in [-0.4, -0.2) is 36.7 Å². The van der Waals surface area contributed by atoms with Crippen LogP contribution in [0.4, 0.5) is 0 Å². The van der Waals surface area contributed by atoms with E-state index >= 15 is 0 Å². The van der Waals surface area contributed by atoms with E-state index in [0.29, 0.717) is 24.5 Å². The Morgan fingerprint density at radius 3 is 2.08 bits per heavy atom. The van der Waals surface area contributed by atoms with Gasteiger partial charge in [-0.15, -0.1) is 0 Å². The molecule has 6 heteroatoms. The molecule has 0 heterocycles. The first-order valence-electron chi connectivity index (χ1n) is 7.92. The van der Waals surface area contributed by atoms with Gasteiger partial charge in [-0.3, -0.25) is 4.79 Å². The van der Waals surface area contributed by atoms with Gasteiger partial charge in [0.25, 0.3) is 5.91 Å². The number of hydrogen-bond donors (Lipinski definition) is 2. The zero-order valence-corrected chi connectivity index (χ0v) is 14.0. The van der Waals surface area contributed by atoms with Gasteiger partial charge in [0.2, 0.25) is 0 Å². The van der Waals surface area contributed by atoms with Crippen LogP contribution in [0.5, 0.6) is 11.5 Å². The molecule has 2 N–H and O–H groups in total. The van der Waals surface area contributed by atoms with Crippen LogP contribution in [0.25, 0.3) is 0 Å². The molecule has 0 saturated carbocycles. The third kappa shape index (κ3) is 6.95. The lowest BCUT2D eigenvalue weighted by molar-refractivity contribution is -0.139. The lowest BCUT2D eigenvalue weighted by Crippen LogP contribution is -2.30. The maximum atomic E-state index is 11.8. The fraction of sp³-hybridized carbons (Fsp3) is 0.263. The highest BCUT2D eigenvalue weighted by molar-refractivity contribution is 5.77. The van der Waals surface area contributed by atoms with Crippen molar-refractivity contribution in [3.63, 3.8) is 0 Å². The number of ether oxygens (including phenoxy) is 2. The molecular formula is C19H21NO5. The van der Waals surface area contributed by atoms with Crippen molar-refractivity contribution >= 4 is 11.9 Å². The molecule has 0 unspecified atom stereocenters. The van der Waals surface area contributed by atoms with Crippen molar-refractivity contribution in [1.82, 2.24) is 5.32 Å². The van der Waals surface area contributed by atoms with Crippen molar-refractivity contribution in [2.45, 2.75) is 13.3 Å². The Balaban J connectivity index is 1.66. The fourth-order valence-electron chi connectivity index (χ4n) is 2.08. The minimum Gasteiger partial charge on any atom is -0.484 e. The molecule has 2 aromatic rings. The number of rotatable bonds is 9. The van der Waals surface area contributed by atoms with Crippen LogP contribution in [0.1, 0.15) is 11.1 Å². The first-order chi connectivity index (χ1) is 12.0. The lowest BCUT2D eigenvalue weighted by atomic mass is 10.1. The highest BCUT2D eigenvalue weighted by Gasteiger charge is 2.03. The number of carboxylic acids is 1. The third-order valence-corrected chi connectivity index (χ3v) is 3.41. The van der Waals surface area contributed by atoms with E-state index in [1.807, 2.05) is 43.3 Å². The first-order valence-corrected chi connectivity index (χ1v) is 7.92. The molecule has 25 heavy (non-hydrogen) atoms. The summed E-state index contributed by atoms with van der Waals surface area (Å²) in [7, 11) is 0. The molecule has 6 nitrogen and oxygen atoms in total. The van der Waals surface area contributed by atoms with E-state index in [4.69, 9.17) is 14.6 Å². The average Bonchev–Trinajstić information content (AvgIpc) is 2.60. The number of amides is 1. The van der Waals surface area contributed by atoms with Crippen LogP contribution in [0, 0.1) is 6.92 Å². The van der Waals surface area contributed by atoms with Crippen molar-refractivity contribution in [2.24, 2.45) is 0 Å². The first kappa shape index (κ1) is 18.3. The monoisotopic (exact) mass is 343 g/mol. The number of benzene rings is 2. The molecule has 2 aromatic carbocycles. The van der Waals surface area contributed by atoms with E-state index < -0.39 is 5.97 Å². The SMILES string of the molecule is Cc1ccc(OCC(=O)NCCc2ccc(OCC(=O)O)cc2)cc1. The number of hydrogen-bond acceptors (Lipinski definition) is 4. The number of carboxylic acid groups (broad SMARTS) is 1. The van der Waals surface area contributed by atoms with Gasteiger partial charge in [-0.25, -0.2) is 4.79 Å². The van der Waals surface area contributed by atoms with Gasteiger partial charge in [-0.1, -0.05) is 29.8 Å². The maximum Gasteiger partial charge on any atom is 0.341 e. The predicted octanol–water partition coefficient (Wildman–Crippen LogP) is 2.20. The van der Waals surface area contributed by atoms with Crippen LogP contribution >= 0.6 is 0 Å². The number of nitrogens with one attached hydrogen (secondary N) is 1. The summed E-state index contributed by atoms with van der Waals surface area (Å²) in [4.78, 5) is 22.2. The van der Waals surface area contributed by atoms with Crippen LogP contribution in [0.2, 0.25) is 0 Å². The van der Waals surface area contributed by atoms with Gasteiger partial charge in [-0.05, 0) is 43.2 Å². The van der Waals surface area contributed by atoms with Crippen molar-refractivity contribution in [3.05, 3.63) is 59.7 Å². The fourth-order valence-corrected chi connectivity index (χ4v) is 2.08. The van der Waals surface area contributed by atoms with Crippen LogP contribution < -0.4 is 14.8 Å². The van der Waals surface area contributed by atoms with E-state index in [2.05, 4.69) is 5.32 Å². The molecule has 132 valence electrons. The van der Waals surface area contributed by atoms with Crippen LogP contribution in [0.3, 0.4) is 0 Å². The third-order valence-electron chi connectivity index (χ3n) is 3.41. The van der Waals surface area contributed by atoms with Crippen molar-refractivity contribution in [2.75, 3.05) is 19.8 Å². The molecule has 0 aromatic heterocycles. The Bertz CT molecular complexity index is 695. The summed E-state index contributed by atoms with van der Waals surface area (Å²) in [6, 6.07) is 14.6. The molecule has 0 aliphatic heterocycles. The molecule has 0 fully saturated rings. The zero-order valence-electron chi connectivity index (χ0n) is 14.0. The van der Waals surface area contributed by atoms with Gasteiger partial charge in [0, 0.05) is 6.54 Å². The summed E-state index contributed by atoms with van der Waals surface area (Å²) in [6.45, 7) is 2.09. The van der Waals surface area contributed by atoms with E-state index in [9.17, 15) is 9.59 Å². The summed E-state index contributed by atoms with van der Waals surface area (Å²) >= 11 is 0. The second-order valence-corrected chi connectivity index (χ2v) is 5.53. The summed E-state index contributed by atoms with van der Waals surface area (Å²) in [6.07, 6.45) is 0.662. The van der Waals surface area contributed by atoms with Crippen molar-refractivity contribution in [1.29, 1.82) is 0 Å². The summed E-state index contributed by atoms with van der Waals surface area (Å²) in [5.41, 5.74) is 2.15. The minimum atomic E-state index is -1.01. The standard InChI is InChI=1S/C19H21NO5/c1-14-2-6-16(7-3-14)24-12-18(21)20-11-10-15-4-8-17(9-5-15)25-13-19(22)23/h2-9H,10-13H2,1H3,(H,20,21)(H,22,23). The van der Waals surface area contributed by atoms with Gasteiger partial charge < -0.3 is 19.9 Å². The maximum absolute atomic E-state index is 11.8. The van der Waals surface area contributed by atoms with Gasteiger partial charge in [-0.2, -0.15) is 0 Å². The van der Waals surface area contributed by atoms with Crippen molar-refractivity contribution < 1.29 is 24.2 Å². The normalized spacial score (nSPS) is 10.1. The quantitative estimate of drug-likeness (QED) is 0.729. The van der Waals surface area contributed by atoms with E-state index in [-0.39, 0.29) is 19.1 Å². The van der Waals surface area contributed by atoms with Gasteiger partial charge in [0.1, 0.15) is 11.5 Å². The Morgan fingerprint density at radius 1 is 0.920 bits per heavy atom. The number of aryl methyl sites for hydroxylation is 1. The highest BCUT2D eigenvalue weighted by Crippen LogP contribution is 2.12. The topological polar surface area (TPSA) is 84.9 Å². The summed E-state index contributed by atoms with van der Waals surface area (Å²) < 4.78 is 10.5. The number of carbonyl (C=O) groups is 2. The summed E-state index contributed by atoms with van der Waals surface area (Å²) in [5, 5.41) is 11.3. The molecule has 2 rings (SSSR count). The lowest BCUT2D eigenvalue weighted by Gasteiger charge is -2.08. The van der Waals surface area contributed by atoms with E-state index in [0.717, 1.165) is 11.1 Å². The average molecular weight is 343 g/mol. The Hall–Kier alpha value is -3.02. The molecule has 0 saturated heterocycles. The highest BCUT2D eigenvalue weighted by atomic mass is 16.5. The molecule has 0 aliphatic carbocycles. The minimum absolute atomic E-state index is 0.0228. The van der Waals surface area contributed by atoms with Gasteiger partial charge in [0.15, 0.2) is 13.2 Å². The molecular weight excluding hydrogens is 322 g/mol. The predicted molar refractivity (Wildman–Crippen MR) is 93.0 cm³/mol. The molecule has 0 spiro atoms. The molecule has 0 radical (unpaired) electrons. The van der Waals surface area contributed by atoms with Gasteiger partial charge in [0.05, 0.1) is 0 Å². The summed E-state index contributed by atoms with van der Waals surface area (Å²) in [5.74, 6) is -0.0268. The van der Waals surface area contributed by atoms with Gasteiger partial charge >= 0.3 is 5.97 Å². The Labute approximate surface area is 146 Å². The number of carbonyl (C=O) groups excluding carboxylic acids is 1. The van der Waals surface area contributed by atoms with Crippen molar-refractivity contribution in [3.8, 4) is 11.5 Å². The Kier molecular flexibility index (Phi) is 6.83. The largest absolute Gasteiger partial charge is 0.484 e.